The lowest BCUT2D eigenvalue weighted by molar-refractivity contribution is 0.122. The van der Waals surface area contributed by atoms with Crippen molar-refractivity contribution in [1.82, 2.24) is 9.97 Å². The Morgan fingerprint density at radius 3 is 2.52 bits per heavy atom. The Labute approximate surface area is 170 Å². The van der Waals surface area contributed by atoms with E-state index in [2.05, 4.69) is 10.2 Å². The van der Waals surface area contributed by atoms with E-state index in [0.29, 0.717) is 37.8 Å². The van der Waals surface area contributed by atoms with Gasteiger partial charge in [-0.15, -0.1) is 0 Å². The number of ether oxygens (including phenoxy) is 1. The molecular formula is C19H21N4O5S-. The zero-order valence-electron chi connectivity index (χ0n) is 15.7. The fourth-order valence-electron chi connectivity index (χ4n) is 3.47. The molecule has 4 rings (SSSR count). The molecule has 1 aliphatic heterocycles. The summed E-state index contributed by atoms with van der Waals surface area (Å²) in [5, 5.41) is 11.1. The van der Waals surface area contributed by atoms with Gasteiger partial charge >= 0.3 is 6.09 Å². The summed E-state index contributed by atoms with van der Waals surface area (Å²) in [6, 6.07) is 8.69. The van der Waals surface area contributed by atoms with Gasteiger partial charge in [-0.05, 0) is 37.1 Å². The molecule has 1 aromatic heterocycles. The second-order valence-corrected chi connectivity index (χ2v) is 8.17. The topological polar surface area (TPSA) is 128 Å². The quantitative estimate of drug-likeness (QED) is 0.683. The highest BCUT2D eigenvalue weighted by atomic mass is 32.2. The molecule has 1 aliphatic carbocycles. The highest BCUT2D eigenvalue weighted by molar-refractivity contribution is 7.79. The summed E-state index contributed by atoms with van der Waals surface area (Å²) in [5.74, 6) is 1.30. The van der Waals surface area contributed by atoms with E-state index in [-0.39, 0.29) is 5.75 Å². The largest absolute Gasteiger partial charge is 0.772 e. The average molecular weight is 417 g/mol. The van der Waals surface area contributed by atoms with Crippen LogP contribution in [0.25, 0.3) is 11.4 Å². The van der Waals surface area contributed by atoms with E-state index < -0.39 is 22.6 Å². The monoisotopic (exact) mass is 417 g/mol. The van der Waals surface area contributed by atoms with Crippen molar-refractivity contribution < 1.29 is 23.4 Å². The van der Waals surface area contributed by atoms with E-state index in [9.17, 15) is 13.6 Å². The van der Waals surface area contributed by atoms with Gasteiger partial charge in [-0.1, -0.05) is 11.1 Å². The van der Waals surface area contributed by atoms with Crippen LogP contribution in [0.3, 0.4) is 0 Å². The Bertz CT molecular complexity index is 927. The van der Waals surface area contributed by atoms with Gasteiger partial charge in [0.05, 0.1) is 18.9 Å². The van der Waals surface area contributed by atoms with Gasteiger partial charge in [-0.3, -0.25) is 9.53 Å². The highest BCUT2D eigenvalue weighted by Crippen LogP contribution is 2.48. The predicted molar refractivity (Wildman–Crippen MR) is 107 cm³/mol. The second-order valence-electron chi connectivity index (χ2n) is 7.27. The molecule has 2 fully saturated rings. The zero-order valence-corrected chi connectivity index (χ0v) is 16.5. The molecule has 0 spiro atoms. The molecule has 2 N–H and O–H groups in total. The first-order chi connectivity index (χ1) is 13.9. The first kappa shape index (κ1) is 19.7. The second kappa shape index (κ2) is 8.05. The van der Waals surface area contributed by atoms with E-state index in [1.807, 2.05) is 6.07 Å². The maximum atomic E-state index is 11.4. The molecule has 2 heterocycles. The summed E-state index contributed by atoms with van der Waals surface area (Å²) in [7, 11) is 0. The molecular weight excluding hydrogens is 396 g/mol. The van der Waals surface area contributed by atoms with Crippen molar-refractivity contribution in [3.05, 3.63) is 36.0 Å². The van der Waals surface area contributed by atoms with Gasteiger partial charge in [0.1, 0.15) is 5.82 Å². The van der Waals surface area contributed by atoms with Crippen LogP contribution in [0.5, 0.6) is 0 Å². The van der Waals surface area contributed by atoms with Crippen LogP contribution >= 0.6 is 0 Å². The van der Waals surface area contributed by atoms with Gasteiger partial charge in [-0.2, -0.15) is 0 Å². The smallest absolute Gasteiger partial charge is 0.409 e. The van der Waals surface area contributed by atoms with Crippen molar-refractivity contribution in [1.29, 1.82) is 0 Å². The standard InChI is InChI=1S/C19H22N4O5S/c24-18(25)20-14-3-1-13(2-4-14)17-21-15(19(5-6-19)12-29(26)27)11-16(22-17)23-7-9-28-10-8-23/h1-4,11,20H,5-10,12H2,(H,24,25)(H,26,27)/p-1. The number of morpholine rings is 1. The van der Waals surface area contributed by atoms with Crippen molar-refractivity contribution in [3.63, 3.8) is 0 Å². The average Bonchev–Trinajstić information content (AvgIpc) is 3.48. The van der Waals surface area contributed by atoms with Crippen LogP contribution in [0.15, 0.2) is 30.3 Å². The van der Waals surface area contributed by atoms with Gasteiger partial charge in [0.2, 0.25) is 0 Å². The van der Waals surface area contributed by atoms with Crippen LogP contribution < -0.4 is 10.2 Å². The Hall–Kier alpha value is -2.56. The Balaban J connectivity index is 1.71. The molecule has 1 saturated heterocycles. The summed E-state index contributed by atoms with van der Waals surface area (Å²) in [6.45, 7) is 2.63. The molecule has 2 aliphatic rings. The third-order valence-electron chi connectivity index (χ3n) is 5.23. The predicted octanol–water partition coefficient (Wildman–Crippen LogP) is 1.98. The zero-order chi connectivity index (χ0) is 20.4. The number of hydrogen-bond acceptors (Lipinski definition) is 7. The number of carbonyl (C=O) groups is 1. The van der Waals surface area contributed by atoms with Gasteiger partial charge in [0.25, 0.3) is 0 Å². The summed E-state index contributed by atoms with van der Waals surface area (Å²) < 4.78 is 28.2. The van der Waals surface area contributed by atoms with E-state index in [1.54, 1.807) is 24.3 Å². The lowest BCUT2D eigenvalue weighted by Crippen LogP contribution is -2.37. The van der Waals surface area contributed by atoms with Crippen LogP contribution in [0, 0.1) is 0 Å². The molecule has 1 atom stereocenters. The highest BCUT2D eigenvalue weighted by Gasteiger charge is 2.46. The molecule has 1 unspecified atom stereocenters. The third kappa shape index (κ3) is 4.55. The molecule has 9 nitrogen and oxygen atoms in total. The van der Waals surface area contributed by atoms with E-state index in [0.717, 1.165) is 29.9 Å². The molecule has 1 saturated carbocycles. The van der Waals surface area contributed by atoms with Gasteiger partial charge in [0, 0.05) is 41.6 Å². The maximum Gasteiger partial charge on any atom is 0.409 e. The lowest BCUT2D eigenvalue weighted by atomic mass is 10.0. The maximum absolute atomic E-state index is 11.4. The SMILES string of the molecule is O=C(O)Nc1ccc(-c2nc(N3CCOCC3)cc(C3(CS(=O)[O-])CC3)n2)cc1. The fourth-order valence-corrected chi connectivity index (χ4v) is 4.35. The Kier molecular flexibility index (Phi) is 5.48. The number of benzene rings is 1. The molecule has 0 radical (unpaired) electrons. The third-order valence-corrected chi connectivity index (χ3v) is 6.02. The van der Waals surface area contributed by atoms with Gasteiger partial charge in [-0.25, -0.2) is 14.8 Å². The number of hydrogen-bond donors (Lipinski definition) is 2. The van der Waals surface area contributed by atoms with E-state index in [1.165, 1.54) is 0 Å². The molecule has 1 amide bonds. The van der Waals surface area contributed by atoms with Crippen LogP contribution in [-0.4, -0.2) is 62.0 Å². The van der Waals surface area contributed by atoms with Crippen molar-refractivity contribution in [2.24, 2.45) is 0 Å². The molecule has 1 aromatic carbocycles. The van der Waals surface area contributed by atoms with Crippen molar-refractivity contribution in [2.75, 3.05) is 42.3 Å². The number of carboxylic acid groups (broad SMARTS) is 1. The Morgan fingerprint density at radius 1 is 1.24 bits per heavy atom. The Morgan fingerprint density at radius 2 is 1.93 bits per heavy atom. The van der Waals surface area contributed by atoms with Crippen LogP contribution in [0.2, 0.25) is 0 Å². The number of amides is 1. The summed E-state index contributed by atoms with van der Waals surface area (Å²) in [5.41, 5.74) is 1.47. The van der Waals surface area contributed by atoms with Crippen molar-refractivity contribution in [2.45, 2.75) is 18.3 Å². The fraction of sp³-hybridized carbons (Fsp3) is 0.421. The number of nitrogens with zero attached hydrogens (tertiary/aromatic N) is 3. The van der Waals surface area contributed by atoms with E-state index >= 15 is 0 Å². The molecule has 154 valence electrons. The van der Waals surface area contributed by atoms with Gasteiger partial charge < -0.3 is 19.3 Å². The first-order valence-electron chi connectivity index (χ1n) is 9.34. The van der Waals surface area contributed by atoms with E-state index in [4.69, 9.17) is 19.8 Å². The van der Waals surface area contributed by atoms with Crippen molar-refractivity contribution >= 4 is 28.7 Å². The molecule has 10 heteroatoms. The minimum Gasteiger partial charge on any atom is -0.772 e. The van der Waals surface area contributed by atoms with Crippen LogP contribution in [-0.2, 0) is 21.2 Å². The minimum atomic E-state index is -2.15. The molecule has 29 heavy (non-hydrogen) atoms. The summed E-state index contributed by atoms with van der Waals surface area (Å²) >= 11 is -2.15. The van der Waals surface area contributed by atoms with Crippen LogP contribution in [0.1, 0.15) is 18.5 Å². The van der Waals surface area contributed by atoms with Crippen molar-refractivity contribution in [3.8, 4) is 11.4 Å². The molecule has 2 aromatic rings. The normalized spacial score (nSPS) is 18.9. The number of rotatable bonds is 6. The van der Waals surface area contributed by atoms with Crippen LogP contribution in [0.4, 0.5) is 16.3 Å². The number of anilines is 2. The molecule has 0 bridgehead atoms. The summed E-state index contributed by atoms with van der Waals surface area (Å²) in [6.07, 6.45) is 0.426. The number of aromatic nitrogens is 2. The number of nitrogens with one attached hydrogen (secondary N) is 1. The summed E-state index contributed by atoms with van der Waals surface area (Å²) in [4.78, 5) is 22.3. The van der Waals surface area contributed by atoms with Gasteiger partial charge in [0.15, 0.2) is 5.82 Å². The first-order valence-corrected chi connectivity index (χ1v) is 10.6. The lowest BCUT2D eigenvalue weighted by Gasteiger charge is -2.29. The minimum absolute atomic E-state index is 0.0491.